The predicted octanol–water partition coefficient (Wildman–Crippen LogP) is 3.37. The largest absolute Gasteiger partial charge is 0.377 e. The second kappa shape index (κ2) is 7.24. The van der Waals surface area contributed by atoms with Crippen LogP contribution >= 0.6 is 0 Å². The van der Waals surface area contributed by atoms with Crippen molar-refractivity contribution in [3.05, 3.63) is 34.9 Å². The Hall–Kier alpha value is -0.860. The molecule has 1 aliphatic rings. The van der Waals surface area contributed by atoms with Gasteiger partial charge in [-0.3, -0.25) is 0 Å². The Balaban J connectivity index is 2.08. The van der Waals surface area contributed by atoms with E-state index in [-0.39, 0.29) is 6.10 Å². The number of ether oxygens (including phenoxy) is 1. The fourth-order valence-corrected chi connectivity index (χ4v) is 3.35. The van der Waals surface area contributed by atoms with Crippen LogP contribution in [0.2, 0.25) is 0 Å². The number of hydrogen-bond donors (Lipinski definition) is 1. The fraction of sp³-hybridized carbons (Fsp3) is 0.667. The van der Waals surface area contributed by atoms with E-state index >= 15 is 0 Å². The number of rotatable bonds is 7. The third-order valence-corrected chi connectivity index (χ3v) is 4.40. The van der Waals surface area contributed by atoms with Crippen LogP contribution in [0.5, 0.6) is 0 Å². The molecule has 0 saturated carbocycles. The van der Waals surface area contributed by atoms with E-state index in [0.717, 1.165) is 13.0 Å². The molecule has 1 N–H and O–H groups in total. The van der Waals surface area contributed by atoms with Crippen molar-refractivity contribution in [1.29, 1.82) is 0 Å². The van der Waals surface area contributed by atoms with Crippen molar-refractivity contribution >= 4 is 0 Å². The van der Waals surface area contributed by atoms with E-state index in [4.69, 9.17) is 4.74 Å². The minimum absolute atomic E-state index is 0.276. The summed E-state index contributed by atoms with van der Waals surface area (Å²) in [5.74, 6) is 0.529. The standard InChI is InChI=1S/C18H29NO/c1-5-20-18(13(2)3)17(19-4)12-14-9-10-15-7-6-8-16(15)11-14/h9-11,13,17-19H,5-8,12H2,1-4H3. The van der Waals surface area contributed by atoms with Gasteiger partial charge in [-0.25, -0.2) is 0 Å². The van der Waals surface area contributed by atoms with E-state index in [0.29, 0.717) is 12.0 Å². The van der Waals surface area contributed by atoms with E-state index in [1.54, 1.807) is 11.1 Å². The summed E-state index contributed by atoms with van der Waals surface area (Å²) in [4.78, 5) is 0. The summed E-state index contributed by atoms with van der Waals surface area (Å²) >= 11 is 0. The summed E-state index contributed by atoms with van der Waals surface area (Å²) in [6, 6.07) is 7.43. The number of benzene rings is 1. The molecule has 0 saturated heterocycles. The van der Waals surface area contributed by atoms with Crippen molar-refractivity contribution in [2.45, 2.75) is 58.6 Å². The first-order valence-corrected chi connectivity index (χ1v) is 8.05. The van der Waals surface area contributed by atoms with Crippen molar-refractivity contribution in [2.75, 3.05) is 13.7 Å². The minimum atomic E-state index is 0.276. The SMILES string of the molecule is CCOC(C(C)C)C(Cc1ccc2c(c1)CCC2)NC. The van der Waals surface area contributed by atoms with Crippen LogP contribution in [0.15, 0.2) is 18.2 Å². The van der Waals surface area contributed by atoms with Crippen LogP contribution in [-0.4, -0.2) is 25.8 Å². The highest BCUT2D eigenvalue weighted by molar-refractivity contribution is 5.35. The first-order chi connectivity index (χ1) is 9.65. The molecule has 0 aromatic heterocycles. The van der Waals surface area contributed by atoms with Gasteiger partial charge in [0.2, 0.25) is 0 Å². The molecule has 1 aromatic rings. The van der Waals surface area contributed by atoms with Gasteiger partial charge in [0, 0.05) is 12.6 Å². The summed E-state index contributed by atoms with van der Waals surface area (Å²) in [6.45, 7) is 7.35. The Morgan fingerprint density at radius 2 is 1.95 bits per heavy atom. The van der Waals surface area contributed by atoms with Gasteiger partial charge in [-0.2, -0.15) is 0 Å². The number of aryl methyl sites for hydroxylation is 2. The second-order valence-corrected chi connectivity index (χ2v) is 6.22. The lowest BCUT2D eigenvalue weighted by atomic mass is 9.93. The lowest BCUT2D eigenvalue weighted by molar-refractivity contribution is 0.00535. The molecule has 0 bridgehead atoms. The van der Waals surface area contributed by atoms with Gasteiger partial charge in [-0.15, -0.1) is 0 Å². The molecule has 0 fully saturated rings. The molecular formula is C18H29NO. The van der Waals surface area contributed by atoms with Gasteiger partial charge >= 0.3 is 0 Å². The van der Waals surface area contributed by atoms with E-state index in [1.165, 1.54) is 24.8 Å². The Morgan fingerprint density at radius 3 is 2.60 bits per heavy atom. The minimum Gasteiger partial charge on any atom is -0.377 e. The average molecular weight is 275 g/mol. The maximum Gasteiger partial charge on any atom is 0.0753 e. The van der Waals surface area contributed by atoms with Gasteiger partial charge in [0.25, 0.3) is 0 Å². The number of fused-ring (bicyclic) bond motifs is 1. The van der Waals surface area contributed by atoms with Crippen LogP contribution in [0.3, 0.4) is 0 Å². The Bertz CT molecular complexity index is 427. The highest BCUT2D eigenvalue weighted by Crippen LogP contribution is 2.24. The van der Waals surface area contributed by atoms with E-state index in [9.17, 15) is 0 Å². The van der Waals surface area contributed by atoms with Gasteiger partial charge < -0.3 is 10.1 Å². The Morgan fingerprint density at radius 1 is 1.20 bits per heavy atom. The zero-order chi connectivity index (χ0) is 14.5. The molecule has 112 valence electrons. The van der Waals surface area contributed by atoms with Crippen LogP contribution in [0.4, 0.5) is 0 Å². The van der Waals surface area contributed by atoms with Crippen LogP contribution < -0.4 is 5.32 Å². The van der Waals surface area contributed by atoms with Gasteiger partial charge in [-0.1, -0.05) is 32.0 Å². The summed E-state index contributed by atoms with van der Waals surface area (Å²) in [7, 11) is 2.05. The fourth-order valence-electron chi connectivity index (χ4n) is 3.35. The zero-order valence-electron chi connectivity index (χ0n) is 13.4. The smallest absolute Gasteiger partial charge is 0.0753 e. The van der Waals surface area contributed by atoms with Crippen molar-refractivity contribution in [2.24, 2.45) is 5.92 Å². The molecule has 2 atom stereocenters. The molecule has 20 heavy (non-hydrogen) atoms. The number of likely N-dealkylation sites (N-methyl/N-ethyl adjacent to an activating group) is 1. The molecule has 1 aromatic carbocycles. The van der Waals surface area contributed by atoms with Crippen LogP contribution in [-0.2, 0) is 24.0 Å². The molecule has 2 nitrogen and oxygen atoms in total. The molecule has 0 aliphatic heterocycles. The van der Waals surface area contributed by atoms with Gasteiger partial charge in [0.15, 0.2) is 0 Å². The Labute approximate surface area is 123 Å². The third kappa shape index (κ3) is 3.62. The van der Waals surface area contributed by atoms with Crippen molar-refractivity contribution in [3.63, 3.8) is 0 Å². The summed E-state index contributed by atoms with van der Waals surface area (Å²) in [5, 5.41) is 3.46. The zero-order valence-corrected chi connectivity index (χ0v) is 13.4. The maximum atomic E-state index is 5.96. The monoisotopic (exact) mass is 275 g/mol. The van der Waals surface area contributed by atoms with Gasteiger partial charge in [-0.05, 0) is 62.3 Å². The molecule has 0 spiro atoms. The quantitative estimate of drug-likeness (QED) is 0.824. The van der Waals surface area contributed by atoms with Crippen LogP contribution in [0, 0.1) is 5.92 Å². The first-order valence-electron chi connectivity index (χ1n) is 8.05. The van der Waals surface area contributed by atoms with Crippen molar-refractivity contribution in [3.8, 4) is 0 Å². The van der Waals surface area contributed by atoms with Gasteiger partial charge in [0.1, 0.15) is 0 Å². The lowest BCUT2D eigenvalue weighted by Gasteiger charge is -2.30. The summed E-state index contributed by atoms with van der Waals surface area (Å²) < 4.78 is 5.96. The summed E-state index contributed by atoms with van der Waals surface area (Å²) in [6.07, 6.45) is 5.16. The van der Waals surface area contributed by atoms with E-state index in [1.807, 2.05) is 7.05 Å². The number of nitrogens with one attached hydrogen (secondary N) is 1. The predicted molar refractivity (Wildman–Crippen MR) is 85.3 cm³/mol. The lowest BCUT2D eigenvalue weighted by Crippen LogP contribution is -2.44. The van der Waals surface area contributed by atoms with Crippen molar-refractivity contribution < 1.29 is 4.74 Å². The Kier molecular flexibility index (Phi) is 5.62. The molecule has 2 heteroatoms. The second-order valence-electron chi connectivity index (χ2n) is 6.22. The molecule has 0 radical (unpaired) electrons. The molecular weight excluding hydrogens is 246 g/mol. The molecule has 2 rings (SSSR count). The maximum absolute atomic E-state index is 5.96. The van der Waals surface area contributed by atoms with Gasteiger partial charge in [0.05, 0.1) is 6.10 Å². The van der Waals surface area contributed by atoms with Crippen LogP contribution in [0.1, 0.15) is 43.9 Å². The molecule has 0 amide bonds. The molecule has 1 aliphatic carbocycles. The molecule has 2 unspecified atom stereocenters. The highest BCUT2D eigenvalue weighted by atomic mass is 16.5. The first kappa shape index (κ1) is 15.5. The van der Waals surface area contributed by atoms with E-state index < -0.39 is 0 Å². The van der Waals surface area contributed by atoms with E-state index in [2.05, 4.69) is 44.3 Å². The van der Waals surface area contributed by atoms with Crippen LogP contribution in [0.25, 0.3) is 0 Å². The normalized spacial score (nSPS) is 17.2. The number of hydrogen-bond acceptors (Lipinski definition) is 2. The third-order valence-electron chi connectivity index (χ3n) is 4.40. The average Bonchev–Trinajstić information content (AvgIpc) is 2.89. The highest BCUT2D eigenvalue weighted by Gasteiger charge is 2.24. The molecule has 0 heterocycles. The topological polar surface area (TPSA) is 21.3 Å². The summed E-state index contributed by atoms with van der Waals surface area (Å²) in [5.41, 5.74) is 4.56. The van der Waals surface area contributed by atoms with Crippen molar-refractivity contribution in [1.82, 2.24) is 5.32 Å².